The van der Waals surface area contributed by atoms with Crippen LogP contribution in [0.1, 0.15) is 11.1 Å². The molecule has 0 bridgehead atoms. The molecule has 2 amide bonds. The second-order valence-corrected chi connectivity index (χ2v) is 3.58. The number of aliphatic hydroxyl groups excluding tert-OH is 1. The van der Waals surface area contributed by atoms with Crippen LogP contribution in [0.4, 0.5) is 14.9 Å². The van der Waals surface area contributed by atoms with Gasteiger partial charge in [-0.25, -0.2) is 25.9 Å². The third kappa shape index (κ3) is 2.48. The van der Waals surface area contributed by atoms with Gasteiger partial charge in [0.15, 0.2) is 0 Å². The minimum atomic E-state index is -0.702. The zero-order chi connectivity index (χ0) is 13.9. The number of halogens is 1. The summed E-state index contributed by atoms with van der Waals surface area (Å²) < 4.78 is 13.5. The SMILES string of the molecule is C=Cc1c(F)ccc(N(N)C(=O)N(C)N)c1CO. The normalized spacial score (nSPS) is 10.1. The molecular weight excluding hydrogens is 239 g/mol. The first kappa shape index (κ1) is 14.1. The van der Waals surface area contributed by atoms with Crippen LogP contribution in [0.15, 0.2) is 18.7 Å². The van der Waals surface area contributed by atoms with Crippen molar-refractivity contribution in [3.63, 3.8) is 0 Å². The second kappa shape index (κ2) is 5.58. The predicted octanol–water partition coefficient (Wildman–Crippen LogP) is 0.567. The molecule has 0 aliphatic rings. The highest BCUT2D eigenvalue weighted by atomic mass is 19.1. The van der Waals surface area contributed by atoms with Gasteiger partial charge in [-0.3, -0.25) is 5.01 Å². The standard InChI is InChI=1S/C11H15FN4O2/c1-3-7-8(6-17)10(5-4-9(7)12)16(14)11(18)15(2)13/h3-5,17H,1,6,13-14H2,2H3. The summed E-state index contributed by atoms with van der Waals surface area (Å²) in [5.41, 5.74) is 0.428. The fourth-order valence-corrected chi connectivity index (χ4v) is 1.51. The fraction of sp³-hybridized carbons (Fsp3) is 0.182. The van der Waals surface area contributed by atoms with Gasteiger partial charge in [0.25, 0.3) is 0 Å². The Balaban J connectivity index is 3.33. The minimum absolute atomic E-state index is 0.0953. The van der Waals surface area contributed by atoms with Crippen LogP contribution in [-0.4, -0.2) is 23.2 Å². The molecule has 0 saturated heterocycles. The molecule has 0 saturated carbocycles. The van der Waals surface area contributed by atoms with E-state index < -0.39 is 18.5 Å². The van der Waals surface area contributed by atoms with Crippen molar-refractivity contribution in [2.24, 2.45) is 11.7 Å². The smallest absolute Gasteiger partial charge is 0.352 e. The summed E-state index contributed by atoms with van der Waals surface area (Å²) in [7, 11) is 1.32. The number of carbonyl (C=O) groups is 1. The number of nitrogens with zero attached hydrogens (tertiary/aromatic N) is 2. The number of urea groups is 1. The Hall–Kier alpha value is -1.96. The van der Waals surface area contributed by atoms with Crippen LogP contribution in [0.3, 0.4) is 0 Å². The molecule has 0 fully saturated rings. The lowest BCUT2D eigenvalue weighted by atomic mass is 10.0. The van der Waals surface area contributed by atoms with Gasteiger partial charge in [-0.2, -0.15) is 0 Å². The van der Waals surface area contributed by atoms with Crippen LogP contribution in [0.25, 0.3) is 6.08 Å². The van der Waals surface area contributed by atoms with Gasteiger partial charge in [0.2, 0.25) is 0 Å². The van der Waals surface area contributed by atoms with Crippen molar-refractivity contribution in [2.45, 2.75) is 6.61 Å². The summed E-state index contributed by atoms with van der Waals surface area (Å²) >= 11 is 0. The van der Waals surface area contributed by atoms with E-state index in [0.29, 0.717) is 0 Å². The largest absolute Gasteiger partial charge is 0.392 e. The topological polar surface area (TPSA) is 95.8 Å². The Morgan fingerprint density at radius 3 is 2.61 bits per heavy atom. The van der Waals surface area contributed by atoms with Gasteiger partial charge in [-0.15, -0.1) is 0 Å². The van der Waals surface area contributed by atoms with E-state index in [1.165, 1.54) is 19.2 Å². The van der Waals surface area contributed by atoms with Crippen molar-refractivity contribution in [1.29, 1.82) is 0 Å². The molecule has 6 nitrogen and oxygen atoms in total. The lowest BCUT2D eigenvalue weighted by molar-refractivity contribution is 0.216. The number of hydrogen-bond donors (Lipinski definition) is 3. The average molecular weight is 254 g/mol. The Kier molecular flexibility index (Phi) is 4.38. The predicted molar refractivity (Wildman–Crippen MR) is 66.4 cm³/mol. The number of aliphatic hydroxyl groups is 1. The highest BCUT2D eigenvalue weighted by Crippen LogP contribution is 2.26. The van der Waals surface area contributed by atoms with Crippen molar-refractivity contribution in [3.8, 4) is 0 Å². The highest BCUT2D eigenvalue weighted by Gasteiger charge is 2.20. The van der Waals surface area contributed by atoms with Crippen LogP contribution in [0.2, 0.25) is 0 Å². The number of amides is 2. The van der Waals surface area contributed by atoms with Crippen LogP contribution >= 0.6 is 0 Å². The molecular formula is C11H15FN4O2. The molecule has 1 rings (SSSR count). The first-order valence-corrected chi connectivity index (χ1v) is 5.05. The van der Waals surface area contributed by atoms with E-state index in [-0.39, 0.29) is 16.8 Å². The van der Waals surface area contributed by atoms with Gasteiger partial charge in [0.05, 0.1) is 12.3 Å². The van der Waals surface area contributed by atoms with Crippen molar-refractivity contribution >= 4 is 17.8 Å². The Labute approximate surface area is 104 Å². The zero-order valence-corrected chi connectivity index (χ0v) is 9.93. The number of hydrogen-bond acceptors (Lipinski definition) is 4. The van der Waals surface area contributed by atoms with Crippen molar-refractivity contribution in [2.75, 3.05) is 12.1 Å². The van der Waals surface area contributed by atoms with Gasteiger partial charge in [0.1, 0.15) is 5.82 Å². The van der Waals surface area contributed by atoms with Crippen molar-refractivity contribution in [1.82, 2.24) is 5.01 Å². The van der Waals surface area contributed by atoms with Crippen LogP contribution in [0, 0.1) is 5.82 Å². The van der Waals surface area contributed by atoms with Gasteiger partial charge in [0, 0.05) is 18.2 Å². The number of carbonyl (C=O) groups excluding carboxylic acids is 1. The first-order chi connectivity index (χ1) is 8.43. The Morgan fingerprint density at radius 2 is 2.17 bits per heavy atom. The molecule has 0 unspecified atom stereocenters. The van der Waals surface area contributed by atoms with Gasteiger partial charge in [-0.05, 0) is 12.1 Å². The van der Waals surface area contributed by atoms with E-state index in [0.717, 1.165) is 16.1 Å². The molecule has 0 atom stereocenters. The average Bonchev–Trinajstić information content (AvgIpc) is 2.36. The molecule has 98 valence electrons. The molecule has 1 aromatic rings. The second-order valence-electron chi connectivity index (χ2n) is 3.58. The number of anilines is 1. The van der Waals surface area contributed by atoms with Gasteiger partial charge >= 0.3 is 6.03 Å². The summed E-state index contributed by atoms with van der Waals surface area (Å²) in [6, 6.07) is 1.72. The summed E-state index contributed by atoms with van der Waals surface area (Å²) in [4.78, 5) is 11.6. The maximum atomic E-state index is 13.5. The molecule has 0 aliphatic carbocycles. The number of hydrazine groups is 2. The minimum Gasteiger partial charge on any atom is -0.392 e. The van der Waals surface area contributed by atoms with Crippen molar-refractivity contribution < 1.29 is 14.3 Å². The molecule has 0 aliphatic heterocycles. The fourth-order valence-electron chi connectivity index (χ4n) is 1.51. The molecule has 18 heavy (non-hydrogen) atoms. The molecule has 5 N–H and O–H groups in total. The molecule has 0 heterocycles. The van der Waals surface area contributed by atoms with Gasteiger partial charge < -0.3 is 5.11 Å². The third-order valence-corrected chi connectivity index (χ3v) is 2.41. The Bertz CT molecular complexity index is 476. The lowest BCUT2D eigenvalue weighted by Gasteiger charge is -2.23. The number of benzene rings is 1. The summed E-state index contributed by atoms with van der Waals surface area (Å²) in [5.74, 6) is 10.3. The van der Waals surface area contributed by atoms with E-state index in [4.69, 9.17) is 11.7 Å². The first-order valence-electron chi connectivity index (χ1n) is 5.05. The third-order valence-electron chi connectivity index (χ3n) is 2.41. The van der Waals surface area contributed by atoms with Crippen LogP contribution < -0.4 is 16.7 Å². The van der Waals surface area contributed by atoms with E-state index in [9.17, 15) is 14.3 Å². The highest BCUT2D eigenvalue weighted by molar-refractivity contribution is 5.91. The molecule has 7 heteroatoms. The number of rotatable bonds is 3. The van der Waals surface area contributed by atoms with E-state index >= 15 is 0 Å². The van der Waals surface area contributed by atoms with Crippen LogP contribution in [-0.2, 0) is 6.61 Å². The monoisotopic (exact) mass is 254 g/mol. The molecule has 1 aromatic carbocycles. The summed E-state index contributed by atoms with van der Waals surface area (Å²) in [6.07, 6.45) is 1.24. The van der Waals surface area contributed by atoms with E-state index in [1.54, 1.807) is 0 Å². The molecule has 0 radical (unpaired) electrons. The zero-order valence-electron chi connectivity index (χ0n) is 9.93. The quantitative estimate of drug-likeness (QED) is 0.417. The summed E-state index contributed by atoms with van der Waals surface area (Å²) in [6.45, 7) is 2.97. The van der Waals surface area contributed by atoms with E-state index in [1.807, 2.05) is 0 Å². The molecule has 0 aromatic heterocycles. The Morgan fingerprint density at radius 1 is 1.56 bits per heavy atom. The maximum absolute atomic E-state index is 13.5. The lowest BCUT2D eigenvalue weighted by Crippen LogP contribution is -2.49. The van der Waals surface area contributed by atoms with Gasteiger partial charge in [-0.1, -0.05) is 12.7 Å². The molecule has 0 spiro atoms. The maximum Gasteiger partial charge on any atom is 0.352 e. The van der Waals surface area contributed by atoms with Crippen LogP contribution in [0.5, 0.6) is 0 Å². The summed E-state index contributed by atoms with van der Waals surface area (Å²) in [5, 5.41) is 10.8. The van der Waals surface area contributed by atoms with Crippen molar-refractivity contribution in [3.05, 3.63) is 35.7 Å². The van der Waals surface area contributed by atoms with E-state index in [2.05, 4.69) is 6.58 Å². The number of nitrogens with two attached hydrogens (primary N) is 2.